The van der Waals surface area contributed by atoms with Gasteiger partial charge in [-0.15, -0.1) is 0 Å². The van der Waals surface area contributed by atoms with E-state index in [1.807, 2.05) is 36.0 Å². The third kappa shape index (κ3) is 4.34. The van der Waals surface area contributed by atoms with Gasteiger partial charge in [-0.2, -0.15) is 11.8 Å². The number of methoxy groups -OCH3 is 1. The Morgan fingerprint density at radius 2 is 1.95 bits per heavy atom. The number of anilines is 2. The zero-order valence-corrected chi connectivity index (χ0v) is 13.0. The molecule has 4 nitrogen and oxygen atoms in total. The van der Waals surface area contributed by atoms with E-state index in [0.29, 0.717) is 11.5 Å². The van der Waals surface area contributed by atoms with Crippen molar-refractivity contribution in [3.8, 4) is 0 Å². The molecule has 1 aliphatic heterocycles. The summed E-state index contributed by atoms with van der Waals surface area (Å²) in [5.41, 5.74) is 2.22. The topological polar surface area (TPSA) is 50.4 Å². The SMILES string of the molecule is COC(=O)Nc1ccc(NC2CSCC(C)(C)C2)cc1. The van der Waals surface area contributed by atoms with Crippen LogP contribution in [0.5, 0.6) is 0 Å². The predicted molar refractivity (Wildman–Crippen MR) is 85.6 cm³/mol. The number of ether oxygens (including phenoxy) is 1. The van der Waals surface area contributed by atoms with Crippen LogP contribution in [0, 0.1) is 5.41 Å². The largest absolute Gasteiger partial charge is 0.453 e. The van der Waals surface area contributed by atoms with Crippen molar-refractivity contribution < 1.29 is 9.53 Å². The van der Waals surface area contributed by atoms with Crippen LogP contribution in [0.4, 0.5) is 16.2 Å². The molecule has 1 aliphatic rings. The first-order valence-electron chi connectivity index (χ1n) is 6.78. The molecule has 1 aromatic rings. The van der Waals surface area contributed by atoms with Gasteiger partial charge in [-0.3, -0.25) is 5.32 Å². The molecule has 2 rings (SSSR count). The molecule has 1 unspecified atom stereocenters. The number of amides is 1. The smallest absolute Gasteiger partial charge is 0.411 e. The molecule has 1 aromatic carbocycles. The second-order valence-corrected chi connectivity index (χ2v) is 6.95. The van der Waals surface area contributed by atoms with E-state index in [-0.39, 0.29) is 0 Å². The summed E-state index contributed by atoms with van der Waals surface area (Å²) in [6.45, 7) is 4.63. The summed E-state index contributed by atoms with van der Waals surface area (Å²) in [6.07, 6.45) is 0.735. The molecule has 0 aliphatic carbocycles. The molecule has 1 atom stereocenters. The van der Waals surface area contributed by atoms with Gasteiger partial charge in [0.05, 0.1) is 7.11 Å². The van der Waals surface area contributed by atoms with Crippen LogP contribution in [0.1, 0.15) is 20.3 Å². The molecule has 5 heteroatoms. The molecule has 1 fully saturated rings. The van der Waals surface area contributed by atoms with E-state index < -0.39 is 6.09 Å². The second kappa shape index (κ2) is 6.39. The lowest BCUT2D eigenvalue weighted by Gasteiger charge is -2.35. The Labute approximate surface area is 124 Å². The average molecular weight is 294 g/mol. The molecule has 0 saturated carbocycles. The summed E-state index contributed by atoms with van der Waals surface area (Å²) in [7, 11) is 1.35. The first-order valence-corrected chi connectivity index (χ1v) is 7.93. The third-order valence-corrected chi connectivity index (χ3v) is 4.92. The van der Waals surface area contributed by atoms with Gasteiger partial charge in [0.2, 0.25) is 0 Å². The first-order chi connectivity index (χ1) is 9.48. The quantitative estimate of drug-likeness (QED) is 0.890. The maximum Gasteiger partial charge on any atom is 0.411 e. The highest BCUT2D eigenvalue weighted by Gasteiger charge is 2.28. The number of hydrogen-bond acceptors (Lipinski definition) is 4. The van der Waals surface area contributed by atoms with E-state index in [1.54, 1.807) is 0 Å². The Hall–Kier alpha value is -1.36. The number of nitrogens with one attached hydrogen (secondary N) is 2. The van der Waals surface area contributed by atoms with Gasteiger partial charge in [-0.05, 0) is 41.9 Å². The fourth-order valence-electron chi connectivity index (χ4n) is 2.41. The molecule has 1 heterocycles. The van der Waals surface area contributed by atoms with Gasteiger partial charge < -0.3 is 10.1 Å². The number of carbonyl (C=O) groups is 1. The Kier molecular flexibility index (Phi) is 4.81. The van der Waals surface area contributed by atoms with E-state index >= 15 is 0 Å². The lowest BCUT2D eigenvalue weighted by Crippen LogP contribution is -2.35. The number of rotatable bonds is 3. The van der Waals surface area contributed by atoms with Crippen molar-refractivity contribution in [3.63, 3.8) is 0 Å². The molecule has 0 aromatic heterocycles. The number of thioether (sulfide) groups is 1. The normalized spacial score (nSPS) is 21.1. The number of carbonyl (C=O) groups excluding carboxylic acids is 1. The summed E-state index contributed by atoms with van der Waals surface area (Å²) in [5.74, 6) is 2.37. The van der Waals surface area contributed by atoms with E-state index in [4.69, 9.17) is 0 Å². The van der Waals surface area contributed by atoms with Gasteiger partial charge in [-0.1, -0.05) is 13.8 Å². The van der Waals surface area contributed by atoms with Crippen molar-refractivity contribution >= 4 is 29.2 Å². The fraction of sp³-hybridized carbons (Fsp3) is 0.533. The highest BCUT2D eigenvalue weighted by molar-refractivity contribution is 7.99. The first kappa shape index (κ1) is 15.0. The van der Waals surface area contributed by atoms with E-state index in [0.717, 1.165) is 17.1 Å². The van der Waals surface area contributed by atoms with Crippen molar-refractivity contribution in [2.75, 3.05) is 29.2 Å². The van der Waals surface area contributed by atoms with Gasteiger partial charge in [0.1, 0.15) is 0 Å². The van der Waals surface area contributed by atoms with Gasteiger partial charge >= 0.3 is 6.09 Å². The van der Waals surface area contributed by atoms with Crippen LogP contribution in [0.15, 0.2) is 24.3 Å². The van der Waals surface area contributed by atoms with Crippen LogP contribution in [0.25, 0.3) is 0 Å². The Balaban J connectivity index is 1.92. The molecular weight excluding hydrogens is 272 g/mol. The van der Waals surface area contributed by atoms with Crippen LogP contribution >= 0.6 is 11.8 Å². The molecule has 0 spiro atoms. The van der Waals surface area contributed by atoms with Gasteiger partial charge in [0.15, 0.2) is 0 Å². The zero-order valence-electron chi connectivity index (χ0n) is 12.2. The lowest BCUT2D eigenvalue weighted by molar-refractivity contribution is 0.187. The molecular formula is C15H22N2O2S. The lowest BCUT2D eigenvalue weighted by atomic mass is 9.88. The van der Waals surface area contributed by atoms with Crippen molar-refractivity contribution in [2.45, 2.75) is 26.3 Å². The average Bonchev–Trinajstić information content (AvgIpc) is 2.40. The molecule has 1 amide bonds. The van der Waals surface area contributed by atoms with Crippen molar-refractivity contribution in [1.82, 2.24) is 0 Å². The summed E-state index contributed by atoms with van der Waals surface area (Å²) >= 11 is 2.01. The van der Waals surface area contributed by atoms with Crippen molar-refractivity contribution in [3.05, 3.63) is 24.3 Å². The number of benzene rings is 1. The van der Waals surface area contributed by atoms with E-state index in [9.17, 15) is 4.79 Å². The zero-order chi connectivity index (χ0) is 14.6. The van der Waals surface area contributed by atoms with Crippen LogP contribution in [-0.4, -0.2) is 30.8 Å². The van der Waals surface area contributed by atoms with Crippen molar-refractivity contribution in [2.24, 2.45) is 5.41 Å². The molecule has 20 heavy (non-hydrogen) atoms. The Morgan fingerprint density at radius 3 is 2.55 bits per heavy atom. The Morgan fingerprint density at radius 1 is 1.30 bits per heavy atom. The minimum absolute atomic E-state index is 0.396. The molecule has 110 valence electrons. The van der Waals surface area contributed by atoms with Crippen LogP contribution in [-0.2, 0) is 4.74 Å². The highest BCUT2D eigenvalue weighted by atomic mass is 32.2. The summed E-state index contributed by atoms with van der Waals surface area (Å²) in [5, 5.41) is 6.21. The monoisotopic (exact) mass is 294 g/mol. The van der Waals surface area contributed by atoms with Gasteiger partial charge in [-0.25, -0.2) is 4.79 Å². The molecule has 1 saturated heterocycles. The number of hydrogen-bond donors (Lipinski definition) is 2. The highest BCUT2D eigenvalue weighted by Crippen LogP contribution is 2.34. The standard InChI is InChI=1S/C15H22N2O2S/c1-15(2)8-13(9-20-10-15)16-11-4-6-12(7-5-11)17-14(18)19-3/h4-7,13,16H,8-10H2,1-3H3,(H,17,18). The fourth-order valence-corrected chi connectivity index (χ4v) is 3.68. The minimum Gasteiger partial charge on any atom is -0.453 e. The Bertz CT molecular complexity index is 459. The van der Waals surface area contributed by atoms with E-state index in [1.165, 1.54) is 19.3 Å². The summed E-state index contributed by atoms with van der Waals surface area (Å²) < 4.78 is 4.56. The summed E-state index contributed by atoms with van der Waals surface area (Å²) in [6, 6.07) is 8.22. The third-order valence-electron chi connectivity index (χ3n) is 3.30. The van der Waals surface area contributed by atoms with Gasteiger partial charge in [0.25, 0.3) is 0 Å². The van der Waals surface area contributed by atoms with E-state index in [2.05, 4.69) is 29.2 Å². The molecule has 2 N–H and O–H groups in total. The van der Waals surface area contributed by atoms with Crippen LogP contribution in [0.2, 0.25) is 0 Å². The molecule has 0 radical (unpaired) electrons. The van der Waals surface area contributed by atoms with Crippen LogP contribution < -0.4 is 10.6 Å². The van der Waals surface area contributed by atoms with Crippen LogP contribution in [0.3, 0.4) is 0 Å². The second-order valence-electron chi connectivity index (χ2n) is 5.92. The minimum atomic E-state index is -0.448. The predicted octanol–water partition coefficient (Wildman–Crippen LogP) is 3.81. The maximum absolute atomic E-state index is 11.1. The summed E-state index contributed by atoms with van der Waals surface area (Å²) in [4.78, 5) is 11.1. The molecule has 0 bridgehead atoms. The van der Waals surface area contributed by atoms with Crippen molar-refractivity contribution in [1.29, 1.82) is 0 Å². The maximum atomic E-state index is 11.1. The van der Waals surface area contributed by atoms with Gasteiger partial charge in [0, 0.05) is 23.2 Å².